The zero-order valence-electron chi connectivity index (χ0n) is 6.70. The highest BCUT2D eigenvalue weighted by atomic mass is 16.4. The van der Waals surface area contributed by atoms with Gasteiger partial charge in [-0.3, -0.25) is 14.7 Å². The van der Waals surface area contributed by atoms with Crippen molar-refractivity contribution < 1.29 is 9.90 Å². The number of carboxylic acid groups (broad SMARTS) is 1. The Balaban J connectivity index is 2.92. The standard InChI is InChI=1S/C7H10N2O3/c1-2-5-3-6(10)9(8-5)4-7(11)12/h3,8H,2,4H2,1H3,(H,11,12). The van der Waals surface area contributed by atoms with Crippen molar-refractivity contribution in [2.75, 3.05) is 0 Å². The molecule has 5 nitrogen and oxygen atoms in total. The molecule has 0 aliphatic rings. The number of carboxylic acids is 1. The molecule has 1 aromatic rings. The monoisotopic (exact) mass is 170 g/mol. The minimum absolute atomic E-state index is 0.297. The molecular formula is C7H10N2O3. The van der Waals surface area contributed by atoms with Crippen LogP contribution >= 0.6 is 0 Å². The number of hydrogen-bond acceptors (Lipinski definition) is 2. The van der Waals surface area contributed by atoms with Crippen LogP contribution < -0.4 is 5.56 Å². The molecule has 0 unspecified atom stereocenters. The lowest BCUT2D eigenvalue weighted by Gasteiger charge is -1.95. The molecule has 0 aliphatic heterocycles. The van der Waals surface area contributed by atoms with Gasteiger partial charge in [0.05, 0.1) is 0 Å². The van der Waals surface area contributed by atoms with E-state index in [0.717, 1.165) is 10.4 Å². The Bertz CT molecular complexity index is 337. The molecule has 2 N–H and O–H groups in total. The number of aliphatic carboxylic acids is 1. The van der Waals surface area contributed by atoms with Crippen molar-refractivity contribution in [3.05, 3.63) is 22.1 Å². The molecule has 0 aliphatic carbocycles. The number of H-pyrrole nitrogens is 1. The van der Waals surface area contributed by atoms with Crippen LogP contribution in [0, 0.1) is 0 Å². The molecule has 1 heterocycles. The lowest BCUT2D eigenvalue weighted by Crippen LogP contribution is -2.20. The number of nitrogens with one attached hydrogen (secondary N) is 1. The van der Waals surface area contributed by atoms with Crippen LogP contribution in [0.5, 0.6) is 0 Å². The smallest absolute Gasteiger partial charge is 0.325 e. The van der Waals surface area contributed by atoms with Gasteiger partial charge in [0.25, 0.3) is 5.56 Å². The zero-order valence-corrected chi connectivity index (χ0v) is 6.70. The number of rotatable bonds is 3. The second-order valence-electron chi connectivity index (χ2n) is 2.45. The first kappa shape index (κ1) is 8.58. The maximum atomic E-state index is 11.0. The van der Waals surface area contributed by atoms with Crippen molar-refractivity contribution in [2.45, 2.75) is 19.9 Å². The molecule has 0 saturated carbocycles. The number of aryl methyl sites for hydroxylation is 1. The van der Waals surface area contributed by atoms with Crippen molar-refractivity contribution >= 4 is 5.97 Å². The average molecular weight is 170 g/mol. The zero-order chi connectivity index (χ0) is 9.14. The largest absolute Gasteiger partial charge is 0.480 e. The highest BCUT2D eigenvalue weighted by molar-refractivity contribution is 5.66. The van der Waals surface area contributed by atoms with Crippen LogP contribution in [-0.4, -0.2) is 20.9 Å². The van der Waals surface area contributed by atoms with Crippen LogP contribution in [0.15, 0.2) is 10.9 Å². The maximum absolute atomic E-state index is 11.0. The van der Waals surface area contributed by atoms with Crippen molar-refractivity contribution in [2.24, 2.45) is 0 Å². The Morgan fingerprint density at radius 2 is 2.42 bits per heavy atom. The van der Waals surface area contributed by atoms with E-state index in [1.165, 1.54) is 6.07 Å². The van der Waals surface area contributed by atoms with Crippen molar-refractivity contribution in [1.29, 1.82) is 0 Å². The Kier molecular flexibility index (Phi) is 2.32. The van der Waals surface area contributed by atoms with E-state index in [1.54, 1.807) is 0 Å². The normalized spacial score (nSPS) is 10.1. The molecule has 66 valence electrons. The first-order valence-corrected chi connectivity index (χ1v) is 3.64. The molecular weight excluding hydrogens is 160 g/mol. The number of aromatic amines is 1. The van der Waals surface area contributed by atoms with E-state index in [9.17, 15) is 9.59 Å². The van der Waals surface area contributed by atoms with E-state index in [2.05, 4.69) is 5.10 Å². The highest BCUT2D eigenvalue weighted by Crippen LogP contribution is 1.90. The van der Waals surface area contributed by atoms with Crippen LogP contribution in [0.2, 0.25) is 0 Å². The molecule has 12 heavy (non-hydrogen) atoms. The second kappa shape index (κ2) is 3.25. The van der Waals surface area contributed by atoms with Crippen LogP contribution in [0.4, 0.5) is 0 Å². The molecule has 1 rings (SSSR count). The Morgan fingerprint density at radius 3 is 2.83 bits per heavy atom. The van der Waals surface area contributed by atoms with Gasteiger partial charge in [-0.25, -0.2) is 4.68 Å². The van der Waals surface area contributed by atoms with Crippen molar-refractivity contribution in [3.63, 3.8) is 0 Å². The Labute approximate surface area is 68.6 Å². The third-order valence-electron chi connectivity index (χ3n) is 1.52. The molecule has 0 saturated heterocycles. The van der Waals surface area contributed by atoms with Gasteiger partial charge < -0.3 is 5.11 Å². The predicted octanol–water partition coefficient (Wildman–Crippen LogP) is -0.177. The van der Waals surface area contributed by atoms with E-state index in [0.29, 0.717) is 6.42 Å². The molecule has 0 aromatic carbocycles. The van der Waals surface area contributed by atoms with Gasteiger partial charge in [0.2, 0.25) is 0 Å². The fourth-order valence-corrected chi connectivity index (χ4v) is 0.922. The fraction of sp³-hybridized carbons (Fsp3) is 0.429. The molecule has 1 aromatic heterocycles. The summed E-state index contributed by atoms with van der Waals surface area (Å²) in [6.45, 7) is 1.58. The summed E-state index contributed by atoms with van der Waals surface area (Å²) in [5, 5.41) is 11.1. The molecule has 0 spiro atoms. The van der Waals surface area contributed by atoms with Gasteiger partial charge in [-0.1, -0.05) is 6.92 Å². The lowest BCUT2D eigenvalue weighted by atomic mass is 10.3. The van der Waals surface area contributed by atoms with Crippen LogP contribution in [0.25, 0.3) is 0 Å². The summed E-state index contributed by atoms with van der Waals surface area (Å²) in [7, 11) is 0. The lowest BCUT2D eigenvalue weighted by molar-refractivity contribution is -0.137. The topological polar surface area (TPSA) is 75.1 Å². The summed E-state index contributed by atoms with van der Waals surface area (Å²) < 4.78 is 1.07. The van der Waals surface area contributed by atoms with E-state index in [1.807, 2.05) is 6.92 Å². The minimum atomic E-state index is -1.03. The molecule has 0 radical (unpaired) electrons. The number of hydrogen-bond donors (Lipinski definition) is 2. The summed E-state index contributed by atoms with van der Waals surface area (Å²) >= 11 is 0. The highest BCUT2D eigenvalue weighted by Gasteiger charge is 2.04. The number of nitrogens with zero attached hydrogens (tertiary/aromatic N) is 1. The van der Waals surface area contributed by atoms with E-state index in [4.69, 9.17) is 5.11 Å². The molecule has 0 bridgehead atoms. The van der Waals surface area contributed by atoms with Crippen molar-refractivity contribution in [1.82, 2.24) is 9.78 Å². The first-order chi connectivity index (χ1) is 5.63. The third-order valence-corrected chi connectivity index (χ3v) is 1.52. The summed E-state index contributed by atoms with van der Waals surface area (Å²) in [5.41, 5.74) is 0.454. The van der Waals surface area contributed by atoms with Crippen molar-refractivity contribution in [3.8, 4) is 0 Å². The van der Waals surface area contributed by atoms with E-state index < -0.39 is 5.97 Å². The summed E-state index contributed by atoms with van der Waals surface area (Å²) in [4.78, 5) is 21.2. The Morgan fingerprint density at radius 1 is 1.75 bits per heavy atom. The molecule has 0 amide bonds. The SMILES string of the molecule is CCc1cc(=O)n(CC(=O)O)[nH]1. The van der Waals surface area contributed by atoms with Crippen LogP contribution in [0.1, 0.15) is 12.6 Å². The van der Waals surface area contributed by atoms with Gasteiger partial charge in [0, 0.05) is 11.8 Å². The maximum Gasteiger partial charge on any atom is 0.325 e. The van der Waals surface area contributed by atoms with E-state index in [-0.39, 0.29) is 12.1 Å². The molecule has 0 atom stereocenters. The summed E-state index contributed by atoms with van der Waals surface area (Å²) in [5.74, 6) is -1.03. The third kappa shape index (κ3) is 1.75. The minimum Gasteiger partial charge on any atom is -0.480 e. The van der Waals surface area contributed by atoms with Gasteiger partial charge in [0.15, 0.2) is 0 Å². The fourth-order valence-electron chi connectivity index (χ4n) is 0.922. The summed E-state index contributed by atoms with van der Waals surface area (Å²) in [6, 6.07) is 1.41. The quantitative estimate of drug-likeness (QED) is 0.661. The van der Waals surface area contributed by atoms with Crippen LogP contribution in [0.3, 0.4) is 0 Å². The van der Waals surface area contributed by atoms with Crippen LogP contribution in [-0.2, 0) is 17.8 Å². The van der Waals surface area contributed by atoms with E-state index >= 15 is 0 Å². The number of aromatic nitrogens is 2. The van der Waals surface area contributed by atoms with Gasteiger partial charge >= 0.3 is 5.97 Å². The molecule has 0 fully saturated rings. The summed E-state index contributed by atoms with van der Waals surface area (Å²) in [6.07, 6.45) is 0.696. The first-order valence-electron chi connectivity index (χ1n) is 3.64. The van der Waals surface area contributed by atoms with Gasteiger partial charge in [-0.2, -0.15) is 0 Å². The van der Waals surface area contributed by atoms with Gasteiger partial charge in [-0.05, 0) is 6.42 Å². The Hall–Kier alpha value is -1.52. The number of carbonyl (C=O) groups is 1. The predicted molar refractivity (Wildman–Crippen MR) is 42.1 cm³/mol. The van der Waals surface area contributed by atoms with Gasteiger partial charge in [0.1, 0.15) is 6.54 Å². The second-order valence-corrected chi connectivity index (χ2v) is 2.45. The average Bonchev–Trinajstić information content (AvgIpc) is 2.31. The van der Waals surface area contributed by atoms with Gasteiger partial charge in [-0.15, -0.1) is 0 Å². The molecule has 5 heteroatoms.